The third-order valence-electron chi connectivity index (χ3n) is 4.03. The Labute approximate surface area is 157 Å². The Balaban J connectivity index is 2.61. The van der Waals surface area contributed by atoms with Gasteiger partial charge in [0.2, 0.25) is 0 Å². The van der Waals surface area contributed by atoms with E-state index in [0.717, 1.165) is 10.5 Å². The third kappa shape index (κ3) is 4.62. The predicted octanol–water partition coefficient (Wildman–Crippen LogP) is 2.59. The number of hydrogen-bond donors (Lipinski definition) is 1. The van der Waals surface area contributed by atoms with Gasteiger partial charge in [-0.1, -0.05) is 12.1 Å². The van der Waals surface area contributed by atoms with Gasteiger partial charge in [-0.15, -0.1) is 11.3 Å². The molecule has 2 rings (SSSR count). The van der Waals surface area contributed by atoms with Crippen LogP contribution in [0.5, 0.6) is 0 Å². The van der Waals surface area contributed by atoms with Gasteiger partial charge < -0.3 is 19.5 Å². The molecule has 0 saturated carbocycles. The van der Waals surface area contributed by atoms with Crippen molar-refractivity contribution in [2.45, 2.75) is 18.9 Å². The van der Waals surface area contributed by atoms with Gasteiger partial charge in [-0.2, -0.15) is 0 Å². The number of methoxy groups -OCH3 is 2. The van der Waals surface area contributed by atoms with Crippen molar-refractivity contribution < 1.29 is 24.2 Å². The monoisotopic (exact) mass is 377 g/mol. The van der Waals surface area contributed by atoms with E-state index in [1.807, 2.05) is 35.5 Å². The number of aliphatic hydroxyl groups is 1. The molecule has 6 nitrogen and oxygen atoms in total. The third-order valence-corrected chi connectivity index (χ3v) is 4.98. The summed E-state index contributed by atoms with van der Waals surface area (Å²) in [6.45, 7) is 0.0396. The Kier molecular flexibility index (Phi) is 7.17. The highest BCUT2D eigenvalue weighted by molar-refractivity contribution is 7.10. The Bertz CT molecular complexity index is 733. The molecule has 1 aromatic rings. The van der Waals surface area contributed by atoms with Crippen molar-refractivity contribution in [3.63, 3.8) is 0 Å². The summed E-state index contributed by atoms with van der Waals surface area (Å²) in [4.78, 5) is 27.5. The van der Waals surface area contributed by atoms with Crippen molar-refractivity contribution in [3.8, 4) is 0 Å². The van der Waals surface area contributed by atoms with E-state index in [-0.39, 0.29) is 23.8 Å². The molecule has 0 fully saturated rings. The summed E-state index contributed by atoms with van der Waals surface area (Å²) in [6, 6.07) is 3.89. The van der Waals surface area contributed by atoms with Crippen molar-refractivity contribution in [3.05, 3.63) is 57.5 Å². The summed E-state index contributed by atoms with van der Waals surface area (Å²) in [5, 5.41) is 11.2. The van der Waals surface area contributed by atoms with Crippen molar-refractivity contribution in [1.29, 1.82) is 0 Å². The largest absolute Gasteiger partial charge is 0.465 e. The maximum absolute atomic E-state index is 12.3. The Morgan fingerprint density at radius 2 is 1.92 bits per heavy atom. The van der Waals surface area contributed by atoms with Gasteiger partial charge >= 0.3 is 11.9 Å². The first-order valence-corrected chi connectivity index (χ1v) is 9.07. The number of carbonyl (C=O) groups excluding carboxylic acids is 2. The average Bonchev–Trinajstić information content (AvgIpc) is 3.17. The summed E-state index contributed by atoms with van der Waals surface area (Å²) in [5.74, 6) is -1.22. The van der Waals surface area contributed by atoms with Crippen molar-refractivity contribution in [2.75, 3.05) is 27.9 Å². The molecule has 1 aliphatic rings. The van der Waals surface area contributed by atoms with Crippen LogP contribution in [0.1, 0.15) is 23.8 Å². The summed E-state index contributed by atoms with van der Waals surface area (Å²) < 4.78 is 9.71. The maximum Gasteiger partial charge on any atom is 0.340 e. The van der Waals surface area contributed by atoms with Crippen LogP contribution in [0.15, 0.2) is 52.6 Å². The Hall–Kier alpha value is -2.38. The number of hydrogen-bond acceptors (Lipinski definition) is 7. The molecular weight excluding hydrogens is 354 g/mol. The van der Waals surface area contributed by atoms with E-state index < -0.39 is 11.9 Å². The molecule has 0 saturated heterocycles. The predicted molar refractivity (Wildman–Crippen MR) is 99.4 cm³/mol. The molecular formula is C19H23NO5S. The zero-order chi connectivity index (χ0) is 19.1. The molecule has 1 aromatic heterocycles. The number of ether oxygens (including phenoxy) is 2. The van der Waals surface area contributed by atoms with Gasteiger partial charge in [0.15, 0.2) is 0 Å². The zero-order valence-corrected chi connectivity index (χ0v) is 15.9. The van der Waals surface area contributed by atoms with Gasteiger partial charge in [0.25, 0.3) is 0 Å². The fourth-order valence-electron chi connectivity index (χ4n) is 2.72. The van der Waals surface area contributed by atoms with E-state index >= 15 is 0 Å². The number of esters is 2. The van der Waals surface area contributed by atoms with Crippen LogP contribution in [0, 0.1) is 0 Å². The zero-order valence-electron chi connectivity index (χ0n) is 15.1. The molecule has 2 heterocycles. The van der Waals surface area contributed by atoms with Gasteiger partial charge in [-0.3, -0.25) is 0 Å². The molecule has 0 spiro atoms. The van der Waals surface area contributed by atoms with Gasteiger partial charge in [-0.25, -0.2) is 9.59 Å². The number of nitrogens with zero attached hydrogens (tertiary/aromatic N) is 1. The standard InChI is InChI=1S/C19H23NO5S/c1-20-12-15(19(23)25-3)14(18(22)24-2)10-13(6-4-8-21)11-16(20)17-7-5-9-26-17/h5,7,9-12,16,21H,4,6,8H2,1-3H3. The highest BCUT2D eigenvalue weighted by Gasteiger charge is 2.27. The molecule has 1 aliphatic heterocycles. The first-order valence-electron chi connectivity index (χ1n) is 8.19. The fourth-order valence-corrected chi connectivity index (χ4v) is 3.56. The van der Waals surface area contributed by atoms with E-state index in [4.69, 9.17) is 9.47 Å². The van der Waals surface area contributed by atoms with Gasteiger partial charge in [0.1, 0.15) is 0 Å². The highest BCUT2D eigenvalue weighted by Crippen LogP contribution is 2.32. The summed E-state index contributed by atoms with van der Waals surface area (Å²) >= 11 is 1.61. The van der Waals surface area contributed by atoms with E-state index in [1.54, 1.807) is 23.6 Å². The van der Waals surface area contributed by atoms with Crippen LogP contribution in [-0.2, 0) is 19.1 Å². The van der Waals surface area contributed by atoms with E-state index in [1.165, 1.54) is 14.2 Å². The topological polar surface area (TPSA) is 76.1 Å². The SMILES string of the molecule is COC(=O)C1=CC(CCCO)=CC(c2cccs2)N(C)C=C1C(=O)OC. The first-order chi connectivity index (χ1) is 12.5. The number of allylic oxidation sites excluding steroid dienone is 2. The lowest BCUT2D eigenvalue weighted by Crippen LogP contribution is -2.24. The van der Waals surface area contributed by atoms with Gasteiger partial charge in [-0.05, 0) is 35.9 Å². The van der Waals surface area contributed by atoms with Gasteiger partial charge in [0.05, 0.1) is 31.4 Å². The van der Waals surface area contributed by atoms with Crippen LogP contribution in [0.2, 0.25) is 0 Å². The number of carbonyl (C=O) groups is 2. The maximum atomic E-state index is 12.3. The van der Waals surface area contributed by atoms with Crippen LogP contribution in [0.25, 0.3) is 0 Å². The highest BCUT2D eigenvalue weighted by atomic mass is 32.1. The summed E-state index contributed by atoms with van der Waals surface area (Å²) in [7, 11) is 4.38. The second kappa shape index (κ2) is 9.35. The molecule has 0 aromatic carbocycles. The summed E-state index contributed by atoms with van der Waals surface area (Å²) in [5.41, 5.74) is 1.12. The van der Waals surface area contributed by atoms with Gasteiger partial charge in [0, 0.05) is 24.7 Å². The smallest absolute Gasteiger partial charge is 0.340 e. The number of likely N-dealkylation sites (N-methyl/N-ethyl adjacent to an activating group) is 1. The van der Waals surface area contributed by atoms with Crippen LogP contribution in [-0.4, -0.2) is 49.8 Å². The molecule has 0 amide bonds. The number of thiophene rings is 1. The van der Waals surface area contributed by atoms with E-state index in [0.29, 0.717) is 12.8 Å². The van der Waals surface area contributed by atoms with Crippen molar-refractivity contribution in [1.82, 2.24) is 4.90 Å². The lowest BCUT2D eigenvalue weighted by Gasteiger charge is -2.27. The second-order valence-electron chi connectivity index (χ2n) is 5.78. The fraction of sp³-hybridized carbons (Fsp3) is 0.368. The molecule has 140 valence electrons. The molecule has 1 N–H and O–H groups in total. The molecule has 1 unspecified atom stereocenters. The van der Waals surface area contributed by atoms with Crippen LogP contribution >= 0.6 is 11.3 Å². The normalized spacial score (nSPS) is 17.5. The molecule has 26 heavy (non-hydrogen) atoms. The van der Waals surface area contributed by atoms with E-state index in [9.17, 15) is 14.7 Å². The lowest BCUT2D eigenvalue weighted by molar-refractivity contribution is -0.139. The van der Waals surface area contributed by atoms with E-state index in [2.05, 4.69) is 0 Å². The quantitative estimate of drug-likeness (QED) is 0.768. The lowest BCUT2D eigenvalue weighted by atomic mass is 9.96. The Morgan fingerprint density at radius 1 is 1.23 bits per heavy atom. The Morgan fingerprint density at radius 3 is 2.50 bits per heavy atom. The first kappa shape index (κ1) is 19.9. The number of rotatable bonds is 6. The molecule has 1 atom stereocenters. The average molecular weight is 377 g/mol. The molecule has 0 bridgehead atoms. The van der Waals surface area contributed by atoms with Crippen LogP contribution in [0.3, 0.4) is 0 Å². The van der Waals surface area contributed by atoms with Crippen LogP contribution in [0.4, 0.5) is 0 Å². The van der Waals surface area contributed by atoms with Crippen LogP contribution < -0.4 is 0 Å². The minimum atomic E-state index is -0.612. The molecule has 0 radical (unpaired) electrons. The minimum Gasteiger partial charge on any atom is -0.465 e. The number of aliphatic hydroxyl groups excluding tert-OH is 1. The molecule has 0 aliphatic carbocycles. The van der Waals surface area contributed by atoms with Crippen molar-refractivity contribution in [2.24, 2.45) is 0 Å². The van der Waals surface area contributed by atoms with Crippen molar-refractivity contribution >= 4 is 23.3 Å². The summed E-state index contributed by atoms with van der Waals surface area (Å²) in [6.07, 6.45) is 6.42. The minimum absolute atomic E-state index is 0.0396. The molecule has 7 heteroatoms. The second-order valence-corrected chi connectivity index (χ2v) is 6.76.